The number of hydrogen-bond donors (Lipinski definition) is 12. The Kier molecular flexibility index (Phi) is 15.9. The maximum atomic E-state index is 13.9. The third-order valence-corrected chi connectivity index (χ3v) is 14.1. The predicted octanol–water partition coefficient (Wildman–Crippen LogP) is 5.66. The molecule has 1 aliphatic heterocycles. The number of aromatic nitrogens is 2. The molecule has 0 saturated carbocycles. The Morgan fingerprint density at radius 3 is 2.14 bits per heavy atom. The summed E-state index contributed by atoms with van der Waals surface area (Å²) >= 11 is 0. The van der Waals surface area contributed by atoms with Crippen molar-refractivity contribution >= 4 is 119 Å². The number of nitrogens with zero attached hydrogens (tertiary/aromatic N) is 1. The fourth-order valence-electron chi connectivity index (χ4n) is 8.20. The lowest BCUT2D eigenvalue weighted by atomic mass is 9.95. The highest BCUT2D eigenvalue weighted by atomic mass is 33.1. The number of amides is 5. The highest BCUT2D eigenvalue weighted by Crippen LogP contribution is 2.45. The topological polar surface area (TPSA) is 325 Å². The number of aromatic hydroxyl groups is 1. The lowest BCUT2D eigenvalue weighted by Crippen LogP contribution is -2.53. The molecule has 4 aromatic carbocycles. The minimum atomic E-state index is -1.52. The summed E-state index contributed by atoms with van der Waals surface area (Å²) in [6, 6.07) is 20.1. The lowest BCUT2D eigenvalue weighted by Gasteiger charge is -2.22. The van der Waals surface area contributed by atoms with Crippen molar-refractivity contribution < 1.29 is 48.9 Å². The third-order valence-electron chi connectivity index (χ3n) is 11.7. The molecule has 366 valence electrons. The molecule has 6 aromatic rings. The number of guanidine groups is 1. The summed E-state index contributed by atoms with van der Waals surface area (Å²) in [5, 5.41) is 53.1. The van der Waals surface area contributed by atoms with Crippen molar-refractivity contribution in [1.29, 1.82) is 5.41 Å². The van der Waals surface area contributed by atoms with Crippen molar-refractivity contribution in [1.82, 2.24) is 25.9 Å². The molecular formula is C48H52N10O10S2. The number of aromatic amines is 2. The van der Waals surface area contributed by atoms with Crippen molar-refractivity contribution in [2.75, 3.05) is 40.1 Å². The average molecular weight is 993 g/mol. The van der Waals surface area contributed by atoms with E-state index in [4.69, 9.17) is 11.1 Å². The molecule has 22 heteroatoms. The number of aliphatic carboxylic acids is 2. The number of nitrogens with two attached hydrogens (primary N) is 1. The molecule has 3 heterocycles. The molecule has 0 bridgehead atoms. The van der Waals surface area contributed by atoms with Gasteiger partial charge < -0.3 is 62.5 Å². The zero-order valence-corrected chi connectivity index (χ0v) is 39.6. The number of hydrogen-bond acceptors (Lipinski definition) is 11. The van der Waals surface area contributed by atoms with Gasteiger partial charge in [-0.15, -0.1) is 0 Å². The second-order valence-electron chi connectivity index (χ2n) is 17.0. The lowest BCUT2D eigenvalue weighted by molar-refractivity contribution is -0.143. The molecule has 4 atom stereocenters. The van der Waals surface area contributed by atoms with Crippen LogP contribution in [-0.2, 0) is 24.0 Å². The first kappa shape index (κ1) is 50.2. The van der Waals surface area contributed by atoms with Crippen LogP contribution in [0.25, 0.3) is 32.6 Å². The van der Waals surface area contributed by atoms with Gasteiger partial charge in [0.15, 0.2) is 5.96 Å². The maximum Gasteiger partial charge on any atom is 0.327 e. The first-order valence-electron chi connectivity index (χ1n) is 22.3. The summed E-state index contributed by atoms with van der Waals surface area (Å²) < 4.78 is 0. The minimum absolute atomic E-state index is 0.0581. The number of carboxylic acids is 2. The number of anilines is 3. The van der Waals surface area contributed by atoms with Crippen molar-refractivity contribution in [3.63, 3.8) is 0 Å². The van der Waals surface area contributed by atoms with Gasteiger partial charge in [-0.3, -0.25) is 34.2 Å². The first-order chi connectivity index (χ1) is 33.4. The van der Waals surface area contributed by atoms with E-state index in [1.54, 1.807) is 66.4 Å². The van der Waals surface area contributed by atoms with E-state index in [1.807, 2.05) is 24.3 Å². The molecule has 0 radical (unpaired) electrons. The molecule has 13 N–H and O–H groups in total. The highest BCUT2D eigenvalue weighted by Gasteiger charge is 2.34. The van der Waals surface area contributed by atoms with Crippen LogP contribution in [0.3, 0.4) is 0 Å². The van der Waals surface area contributed by atoms with Gasteiger partial charge in [0.25, 0.3) is 11.8 Å². The zero-order chi connectivity index (χ0) is 50.2. The van der Waals surface area contributed by atoms with Crippen LogP contribution >= 0.6 is 21.6 Å². The predicted molar refractivity (Wildman–Crippen MR) is 270 cm³/mol. The number of carbonyl (C=O) groups excluding carboxylic acids is 5. The molecule has 20 nitrogen and oxygen atoms in total. The van der Waals surface area contributed by atoms with E-state index in [1.165, 1.54) is 10.8 Å². The highest BCUT2D eigenvalue weighted by molar-refractivity contribution is 8.76. The summed E-state index contributed by atoms with van der Waals surface area (Å²) in [7, 11) is 2.29. The van der Waals surface area contributed by atoms with Gasteiger partial charge in [0.2, 0.25) is 17.7 Å². The standard InChI is InChI=1S/C48H52N10O10S2/c1-24(6-5-14-51-48(49)50)43(63)56-35(20-41(61)62)45(65)57-37(47(67)68)23-70-69-15-13-40(60)52-28-9-11-32-26(16-28)18-34(54-32)44(64)53-29-10-12-33-27(17-29)19-36(55-33)46(66)58-22-25(2)42-31-8-4-3-7-30(31)39(59)21-38(42)58/h3-4,7-12,16-19,21,24-25,35,37,54-55,59H,5-6,13-15,20,22-23H2,1-2H3,(H,52,60)(H,53,64)(H,56,63)(H,57,65)(H,61,62)(H,67,68)(H4,49,50,51)/t24-,25?,35-,37-/m0/s1. The van der Waals surface area contributed by atoms with Gasteiger partial charge in [-0.2, -0.15) is 0 Å². The van der Waals surface area contributed by atoms with E-state index in [0.29, 0.717) is 70.5 Å². The Morgan fingerprint density at radius 1 is 0.829 bits per heavy atom. The van der Waals surface area contributed by atoms with Crippen LogP contribution in [0.4, 0.5) is 17.1 Å². The monoisotopic (exact) mass is 992 g/mol. The van der Waals surface area contributed by atoms with E-state index in [0.717, 1.165) is 27.1 Å². The van der Waals surface area contributed by atoms with Crippen LogP contribution in [0.2, 0.25) is 0 Å². The normalized spacial score (nSPS) is 14.4. The summed E-state index contributed by atoms with van der Waals surface area (Å²) in [6.45, 7) is 4.45. The molecule has 2 aromatic heterocycles. The summed E-state index contributed by atoms with van der Waals surface area (Å²) in [6.07, 6.45) is 0.120. The number of phenols is 1. The fraction of sp³-hybridized carbons (Fsp3) is 0.292. The molecule has 0 aliphatic carbocycles. The minimum Gasteiger partial charge on any atom is -0.507 e. The smallest absolute Gasteiger partial charge is 0.327 e. The Bertz CT molecular complexity index is 3030. The number of benzene rings is 4. The van der Waals surface area contributed by atoms with Crippen molar-refractivity contribution in [2.45, 2.75) is 57.5 Å². The fourth-order valence-corrected chi connectivity index (χ4v) is 10.3. The van der Waals surface area contributed by atoms with Crippen LogP contribution in [0.5, 0.6) is 5.75 Å². The van der Waals surface area contributed by atoms with Crippen LogP contribution < -0.4 is 37.2 Å². The van der Waals surface area contributed by atoms with Gasteiger partial charge in [-0.25, -0.2) is 4.79 Å². The Balaban J connectivity index is 0.874. The van der Waals surface area contributed by atoms with Gasteiger partial charge in [0.05, 0.1) is 12.1 Å². The molecule has 1 unspecified atom stereocenters. The summed E-state index contributed by atoms with van der Waals surface area (Å²) in [5.74, 6) is -5.77. The number of phenolic OH excluding ortho intramolecular Hbond substituents is 1. The Labute approximate surface area is 408 Å². The quantitative estimate of drug-likeness (QED) is 0.0179. The van der Waals surface area contributed by atoms with Crippen molar-refractivity contribution in [2.24, 2.45) is 11.7 Å². The van der Waals surface area contributed by atoms with E-state index in [9.17, 15) is 48.9 Å². The average Bonchev–Trinajstić information content (AvgIpc) is 4.04. The molecule has 0 spiro atoms. The summed E-state index contributed by atoms with van der Waals surface area (Å²) in [4.78, 5) is 97.3. The van der Waals surface area contributed by atoms with Gasteiger partial charge >= 0.3 is 11.9 Å². The van der Waals surface area contributed by atoms with Gasteiger partial charge in [-0.1, -0.05) is 59.7 Å². The van der Waals surface area contributed by atoms with Crippen molar-refractivity contribution in [3.05, 3.63) is 95.8 Å². The molecule has 5 amide bonds. The first-order valence-corrected chi connectivity index (χ1v) is 24.7. The SMILES string of the molecule is CC1CN(C(=O)c2cc3cc(NC(=O)c4cc5cc(NC(=O)CCSSC[C@H](NC(=O)[C@H](CC(=O)O)NC(=O)[C@@H](C)CCCNC(=N)N)C(=O)O)ccc5[nH]4)ccc3[nH]2)c2cc(O)c3ccccc3c21. The molecule has 1 aliphatic rings. The van der Waals surface area contributed by atoms with Gasteiger partial charge in [0, 0.05) is 87.5 Å². The molecule has 0 saturated heterocycles. The van der Waals surface area contributed by atoms with E-state index in [-0.39, 0.29) is 53.1 Å². The largest absolute Gasteiger partial charge is 0.507 e. The summed E-state index contributed by atoms with van der Waals surface area (Å²) in [5.41, 5.74) is 9.91. The number of nitrogens with one attached hydrogen (secondary N) is 8. The van der Waals surface area contributed by atoms with Crippen LogP contribution in [0.15, 0.2) is 78.9 Å². The molecule has 7 rings (SSSR count). The van der Waals surface area contributed by atoms with Gasteiger partial charge in [0.1, 0.15) is 29.2 Å². The second kappa shape index (κ2) is 22.1. The molecule has 0 fully saturated rings. The van der Waals surface area contributed by atoms with Crippen LogP contribution in [-0.4, -0.2) is 109 Å². The van der Waals surface area contributed by atoms with Crippen LogP contribution in [0.1, 0.15) is 72.0 Å². The van der Waals surface area contributed by atoms with E-state index >= 15 is 0 Å². The van der Waals surface area contributed by atoms with Crippen LogP contribution in [0, 0.1) is 11.3 Å². The van der Waals surface area contributed by atoms with Gasteiger partial charge in [-0.05, 0) is 72.3 Å². The zero-order valence-electron chi connectivity index (χ0n) is 38.0. The number of carbonyl (C=O) groups is 7. The molecule has 70 heavy (non-hydrogen) atoms. The van der Waals surface area contributed by atoms with E-state index < -0.39 is 54.1 Å². The van der Waals surface area contributed by atoms with Crippen molar-refractivity contribution in [3.8, 4) is 5.75 Å². The number of H-pyrrole nitrogens is 2. The third kappa shape index (κ3) is 12.1. The number of carboxylic acid groups (broad SMARTS) is 2. The Hall–Kier alpha value is -7.72. The molecular weight excluding hydrogens is 941 g/mol. The number of rotatable bonds is 21. The number of fused-ring (bicyclic) bond motifs is 5. The maximum absolute atomic E-state index is 13.9. The van der Waals surface area contributed by atoms with E-state index in [2.05, 4.69) is 43.5 Å². The Morgan fingerprint density at radius 2 is 1.47 bits per heavy atom. The second-order valence-corrected chi connectivity index (χ2v) is 19.6.